The van der Waals surface area contributed by atoms with Crippen LogP contribution in [-0.4, -0.2) is 19.2 Å². The molecule has 0 aliphatic rings. The summed E-state index contributed by atoms with van der Waals surface area (Å²) in [5.74, 6) is 0.356. The van der Waals surface area contributed by atoms with Crippen LogP contribution in [0.25, 0.3) is 0 Å². The van der Waals surface area contributed by atoms with Crippen molar-refractivity contribution in [2.24, 2.45) is 5.92 Å². The molecule has 1 rings (SSSR count). The van der Waals surface area contributed by atoms with E-state index in [-0.39, 0.29) is 5.02 Å². The second-order valence-corrected chi connectivity index (χ2v) is 5.94. The molecule has 1 aromatic rings. The van der Waals surface area contributed by atoms with Crippen molar-refractivity contribution in [3.63, 3.8) is 0 Å². The van der Waals surface area contributed by atoms with Crippen LogP contribution in [0.4, 0.5) is 4.39 Å². The molecule has 0 saturated heterocycles. The number of ether oxygens (including phenoxy) is 1. The third-order valence-electron chi connectivity index (χ3n) is 2.37. The minimum Gasteiger partial charge on any atom is -0.492 e. The molecular weight excluding hydrogens is 321 g/mol. The summed E-state index contributed by atoms with van der Waals surface area (Å²) in [6, 6.07) is 3.25. The van der Waals surface area contributed by atoms with Crippen LogP contribution >= 0.6 is 27.5 Å². The largest absolute Gasteiger partial charge is 0.492 e. The highest BCUT2D eigenvalue weighted by Crippen LogP contribution is 2.30. The van der Waals surface area contributed by atoms with Crippen LogP contribution < -0.4 is 10.1 Å². The summed E-state index contributed by atoms with van der Waals surface area (Å²) in [4.78, 5) is 0. The van der Waals surface area contributed by atoms with Crippen LogP contribution in [0.3, 0.4) is 0 Å². The van der Waals surface area contributed by atoms with Gasteiger partial charge in [-0.15, -0.1) is 0 Å². The zero-order chi connectivity index (χ0) is 13.7. The number of rotatable bonds is 6. The molecule has 0 amide bonds. The fourth-order valence-corrected chi connectivity index (χ4v) is 2.10. The molecule has 18 heavy (non-hydrogen) atoms. The third-order valence-corrected chi connectivity index (χ3v) is 3.28. The Morgan fingerprint density at radius 1 is 1.39 bits per heavy atom. The second kappa shape index (κ2) is 7.31. The van der Waals surface area contributed by atoms with Gasteiger partial charge in [-0.25, -0.2) is 4.39 Å². The van der Waals surface area contributed by atoms with E-state index >= 15 is 0 Å². The van der Waals surface area contributed by atoms with E-state index in [1.165, 1.54) is 12.1 Å². The van der Waals surface area contributed by atoms with Crippen LogP contribution in [0.1, 0.15) is 20.8 Å². The molecule has 0 aliphatic carbocycles. The van der Waals surface area contributed by atoms with Gasteiger partial charge in [0.25, 0.3) is 0 Å². The summed E-state index contributed by atoms with van der Waals surface area (Å²) < 4.78 is 19.5. The quantitative estimate of drug-likeness (QED) is 0.783. The predicted octanol–water partition coefficient (Wildman–Crippen LogP) is 4.25. The van der Waals surface area contributed by atoms with Crippen molar-refractivity contribution in [3.05, 3.63) is 27.4 Å². The topological polar surface area (TPSA) is 21.3 Å². The predicted molar refractivity (Wildman–Crippen MR) is 76.9 cm³/mol. The Morgan fingerprint density at radius 2 is 2.06 bits per heavy atom. The molecule has 1 atom stereocenters. The molecule has 0 aliphatic heterocycles. The van der Waals surface area contributed by atoms with E-state index in [0.29, 0.717) is 28.8 Å². The first-order valence-electron chi connectivity index (χ1n) is 5.91. The van der Waals surface area contributed by atoms with Gasteiger partial charge in [0.15, 0.2) is 0 Å². The third kappa shape index (κ3) is 5.12. The fourth-order valence-electron chi connectivity index (χ4n) is 1.34. The highest BCUT2D eigenvalue weighted by Gasteiger charge is 2.10. The van der Waals surface area contributed by atoms with E-state index < -0.39 is 5.82 Å². The molecule has 0 bridgehead atoms. The molecule has 0 heterocycles. The van der Waals surface area contributed by atoms with Crippen LogP contribution in [0.5, 0.6) is 5.75 Å². The molecule has 0 spiro atoms. The lowest BCUT2D eigenvalue weighted by Gasteiger charge is -2.16. The first-order chi connectivity index (χ1) is 8.40. The molecule has 0 saturated carbocycles. The average Bonchev–Trinajstić information content (AvgIpc) is 2.29. The maximum Gasteiger partial charge on any atom is 0.145 e. The lowest BCUT2D eigenvalue weighted by molar-refractivity contribution is 0.251. The molecule has 1 unspecified atom stereocenters. The van der Waals surface area contributed by atoms with Gasteiger partial charge >= 0.3 is 0 Å². The van der Waals surface area contributed by atoms with Gasteiger partial charge in [0.05, 0.1) is 16.1 Å². The van der Waals surface area contributed by atoms with Gasteiger partial charge in [-0.1, -0.05) is 32.4 Å². The summed E-state index contributed by atoms with van der Waals surface area (Å²) in [5.41, 5.74) is 0. The van der Waals surface area contributed by atoms with Crippen LogP contribution in [-0.2, 0) is 0 Å². The highest BCUT2D eigenvalue weighted by atomic mass is 79.9. The minimum absolute atomic E-state index is 0.0868. The summed E-state index contributed by atoms with van der Waals surface area (Å²) in [6.07, 6.45) is 0. The zero-order valence-electron chi connectivity index (χ0n) is 10.8. The standard InChI is InChI=1S/C13H18BrClFNO/c1-8(2)17-6-9(3)7-18-13-5-12(16)11(15)4-10(13)14/h4-5,8-9,17H,6-7H2,1-3H3. The zero-order valence-corrected chi connectivity index (χ0v) is 13.1. The summed E-state index contributed by atoms with van der Waals surface area (Å²) in [5, 5.41) is 3.42. The lowest BCUT2D eigenvalue weighted by Crippen LogP contribution is -2.30. The van der Waals surface area contributed by atoms with Crippen molar-refractivity contribution < 1.29 is 9.13 Å². The van der Waals surface area contributed by atoms with Crippen LogP contribution in [0, 0.1) is 11.7 Å². The van der Waals surface area contributed by atoms with Crippen molar-refractivity contribution in [2.45, 2.75) is 26.8 Å². The van der Waals surface area contributed by atoms with Gasteiger partial charge in [-0.3, -0.25) is 0 Å². The summed E-state index contributed by atoms with van der Waals surface area (Å²) >= 11 is 8.96. The molecule has 102 valence electrons. The van der Waals surface area contributed by atoms with Crippen molar-refractivity contribution in [1.82, 2.24) is 5.32 Å². The summed E-state index contributed by atoms with van der Waals surface area (Å²) in [6.45, 7) is 7.66. The molecule has 5 heteroatoms. The first-order valence-corrected chi connectivity index (χ1v) is 7.08. The first kappa shape index (κ1) is 15.7. The molecule has 0 fully saturated rings. The number of benzene rings is 1. The van der Waals surface area contributed by atoms with Gasteiger partial charge in [-0.2, -0.15) is 0 Å². The van der Waals surface area contributed by atoms with Crippen LogP contribution in [0.2, 0.25) is 5.02 Å². The Kier molecular flexibility index (Phi) is 6.39. The van der Waals surface area contributed by atoms with E-state index in [9.17, 15) is 4.39 Å². The number of halogens is 3. The Hall–Kier alpha value is -0.320. The molecule has 0 aromatic heterocycles. The Morgan fingerprint density at radius 3 is 2.67 bits per heavy atom. The fraction of sp³-hybridized carbons (Fsp3) is 0.538. The number of hydrogen-bond donors (Lipinski definition) is 1. The van der Waals surface area contributed by atoms with Gasteiger partial charge in [0.1, 0.15) is 11.6 Å². The van der Waals surface area contributed by atoms with Gasteiger partial charge in [0.2, 0.25) is 0 Å². The van der Waals surface area contributed by atoms with Gasteiger partial charge < -0.3 is 10.1 Å². The monoisotopic (exact) mass is 337 g/mol. The molecular formula is C13H18BrClFNO. The average molecular weight is 339 g/mol. The van der Waals surface area contributed by atoms with Crippen molar-refractivity contribution in [3.8, 4) is 5.75 Å². The number of hydrogen-bond acceptors (Lipinski definition) is 2. The van der Waals surface area contributed by atoms with Crippen molar-refractivity contribution in [2.75, 3.05) is 13.2 Å². The molecule has 0 radical (unpaired) electrons. The van der Waals surface area contributed by atoms with E-state index in [2.05, 4.69) is 42.0 Å². The minimum atomic E-state index is -0.470. The summed E-state index contributed by atoms with van der Waals surface area (Å²) in [7, 11) is 0. The Labute approximate surface area is 121 Å². The normalized spacial score (nSPS) is 12.8. The SMILES string of the molecule is CC(CNC(C)C)COc1cc(F)c(Cl)cc1Br. The van der Waals surface area contributed by atoms with Crippen molar-refractivity contribution >= 4 is 27.5 Å². The van der Waals surface area contributed by atoms with E-state index in [1.54, 1.807) is 0 Å². The maximum atomic E-state index is 13.3. The van der Waals surface area contributed by atoms with Gasteiger partial charge in [-0.05, 0) is 22.0 Å². The number of nitrogens with one attached hydrogen (secondary N) is 1. The Bertz CT molecular complexity index is 401. The lowest BCUT2D eigenvalue weighted by atomic mass is 10.2. The van der Waals surface area contributed by atoms with Gasteiger partial charge in [0, 0.05) is 24.6 Å². The van der Waals surface area contributed by atoms with Crippen molar-refractivity contribution in [1.29, 1.82) is 0 Å². The molecule has 2 nitrogen and oxygen atoms in total. The van der Waals surface area contributed by atoms with E-state index in [1.807, 2.05) is 0 Å². The maximum absolute atomic E-state index is 13.3. The Balaban J connectivity index is 2.50. The highest BCUT2D eigenvalue weighted by molar-refractivity contribution is 9.10. The van der Waals surface area contributed by atoms with E-state index in [4.69, 9.17) is 16.3 Å². The second-order valence-electron chi connectivity index (χ2n) is 4.68. The van der Waals surface area contributed by atoms with E-state index in [0.717, 1.165) is 6.54 Å². The van der Waals surface area contributed by atoms with Crippen LogP contribution in [0.15, 0.2) is 16.6 Å². The smallest absolute Gasteiger partial charge is 0.145 e. The molecule has 1 aromatic carbocycles. The molecule has 1 N–H and O–H groups in total.